The first kappa shape index (κ1) is 16.0. The molecule has 130 valence electrons. The summed E-state index contributed by atoms with van der Waals surface area (Å²) in [7, 11) is 1.60. The first-order chi connectivity index (χ1) is 12.7. The number of nitrogens with one attached hydrogen (secondary N) is 2. The van der Waals surface area contributed by atoms with E-state index in [9.17, 15) is 4.39 Å². The van der Waals surface area contributed by atoms with Crippen molar-refractivity contribution in [3.8, 4) is 17.1 Å². The molecule has 2 heterocycles. The van der Waals surface area contributed by atoms with E-state index in [1.807, 2.05) is 19.1 Å². The number of fused-ring (bicyclic) bond motifs is 1. The van der Waals surface area contributed by atoms with E-state index in [-0.39, 0.29) is 5.82 Å². The topological polar surface area (TPSA) is 75.7 Å². The molecule has 0 unspecified atom stereocenters. The number of rotatable bonds is 4. The number of aryl methyl sites for hydroxylation is 1. The van der Waals surface area contributed by atoms with Crippen LogP contribution in [0.5, 0.6) is 5.75 Å². The third kappa shape index (κ3) is 2.83. The molecular weight excluding hydrogens is 333 g/mol. The van der Waals surface area contributed by atoms with Crippen molar-refractivity contribution >= 4 is 22.4 Å². The number of hydrogen-bond donors (Lipinski definition) is 2. The molecule has 2 aromatic heterocycles. The van der Waals surface area contributed by atoms with Crippen LogP contribution in [0.15, 0.2) is 48.8 Å². The molecule has 4 aromatic rings. The number of nitrogens with zero attached hydrogens (tertiary/aromatic N) is 3. The first-order valence-electron chi connectivity index (χ1n) is 8.02. The minimum Gasteiger partial charge on any atom is -0.494 e. The predicted octanol–water partition coefficient (Wildman–Crippen LogP) is 4.22. The maximum absolute atomic E-state index is 14.1. The number of aromatic nitrogens is 4. The summed E-state index contributed by atoms with van der Waals surface area (Å²) in [5.41, 5.74) is 2.80. The van der Waals surface area contributed by atoms with Crippen LogP contribution < -0.4 is 10.1 Å². The average molecular weight is 349 g/mol. The summed E-state index contributed by atoms with van der Waals surface area (Å²) in [6, 6.07) is 10.2. The van der Waals surface area contributed by atoms with Crippen LogP contribution in [-0.4, -0.2) is 27.3 Å². The van der Waals surface area contributed by atoms with E-state index in [4.69, 9.17) is 4.74 Å². The van der Waals surface area contributed by atoms with E-state index in [0.717, 1.165) is 22.2 Å². The molecule has 0 aliphatic heterocycles. The second-order valence-electron chi connectivity index (χ2n) is 5.84. The molecule has 0 bridgehead atoms. The van der Waals surface area contributed by atoms with E-state index in [1.54, 1.807) is 37.7 Å². The molecule has 6 nitrogen and oxygen atoms in total. The Labute approximate surface area is 149 Å². The zero-order chi connectivity index (χ0) is 18.1. The van der Waals surface area contributed by atoms with Crippen LogP contribution in [0.1, 0.15) is 5.56 Å². The number of benzene rings is 2. The maximum Gasteiger partial charge on any atom is 0.164 e. The van der Waals surface area contributed by atoms with Gasteiger partial charge in [-0.15, -0.1) is 0 Å². The Kier molecular flexibility index (Phi) is 3.96. The number of halogens is 1. The molecule has 0 fully saturated rings. The molecule has 2 N–H and O–H groups in total. The summed E-state index contributed by atoms with van der Waals surface area (Å²) in [4.78, 5) is 8.76. The molecule has 26 heavy (non-hydrogen) atoms. The first-order valence-corrected chi connectivity index (χ1v) is 8.02. The van der Waals surface area contributed by atoms with E-state index in [0.29, 0.717) is 23.0 Å². The van der Waals surface area contributed by atoms with Gasteiger partial charge in [0.25, 0.3) is 0 Å². The number of methoxy groups -OCH3 is 1. The molecule has 2 aromatic carbocycles. The van der Waals surface area contributed by atoms with Crippen LogP contribution in [0.4, 0.5) is 15.9 Å². The quantitative estimate of drug-likeness (QED) is 0.577. The standard InChI is InChI=1S/C19H16FN5O/c1-11-9-21-19(13-5-3-4-6-14(13)20)24-18(11)23-16-7-12-10-22-25-15(12)8-17(16)26-2/h3-10H,1-2H3,(H,22,25)(H,21,23,24). The highest BCUT2D eigenvalue weighted by Gasteiger charge is 2.13. The monoisotopic (exact) mass is 349 g/mol. The van der Waals surface area contributed by atoms with Crippen LogP contribution in [0.3, 0.4) is 0 Å². The second kappa shape index (κ2) is 6.44. The number of H-pyrrole nitrogens is 1. The Morgan fingerprint density at radius 2 is 2.00 bits per heavy atom. The number of ether oxygens (including phenoxy) is 1. The van der Waals surface area contributed by atoms with Crippen molar-refractivity contribution in [2.75, 3.05) is 12.4 Å². The molecule has 0 aliphatic carbocycles. The van der Waals surface area contributed by atoms with Gasteiger partial charge in [0, 0.05) is 23.2 Å². The highest BCUT2D eigenvalue weighted by atomic mass is 19.1. The third-order valence-electron chi connectivity index (χ3n) is 4.10. The molecule has 7 heteroatoms. The summed E-state index contributed by atoms with van der Waals surface area (Å²) in [5.74, 6) is 1.19. The summed E-state index contributed by atoms with van der Waals surface area (Å²) in [5, 5.41) is 11.1. The van der Waals surface area contributed by atoms with Gasteiger partial charge in [0.1, 0.15) is 17.4 Å². The van der Waals surface area contributed by atoms with Crippen molar-refractivity contribution in [3.05, 3.63) is 60.2 Å². The van der Waals surface area contributed by atoms with Crippen LogP contribution in [0, 0.1) is 12.7 Å². The molecule has 0 saturated carbocycles. The van der Waals surface area contributed by atoms with Gasteiger partial charge in [0.05, 0.1) is 30.1 Å². The SMILES string of the molecule is COc1cc2[nH]ncc2cc1Nc1nc(-c2ccccc2F)ncc1C. The Morgan fingerprint density at radius 1 is 1.15 bits per heavy atom. The van der Waals surface area contributed by atoms with Gasteiger partial charge >= 0.3 is 0 Å². The predicted molar refractivity (Wildman–Crippen MR) is 98.1 cm³/mol. The zero-order valence-electron chi connectivity index (χ0n) is 14.2. The zero-order valence-corrected chi connectivity index (χ0v) is 14.2. The van der Waals surface area contributed by atoms with Crippen molar-refractivity contribution < 1.29 is 9.13 Å². The Morgan fingerprint density at radius 3 is 2.81 bits per heavy atom. The number of hydrogen-bond acceptors (Lipinski definition) is 5. The van der Waals surface area contributed by atoms with Gasteiger partial charge in [-0.2, -0.15) is 5.10 Å². The summed E-state index contributed by atoms with van der Waals surface area (Å²) in [6.07, 6.45) is 3.40. The Bertz CT molecular complexity index is 1090. The van der Waals surface area contributed by atoms with Gasteiger partial charge < -0.3 is 10.1 Å². The fourth-order valence-corrected chi connectivity index (χ4v) is 2.71. The van der Waals surface area contributed by atoms with Gasteiger partial charge in [0.2, 0.25) is 0 Å². The Balaban J connectivity index is 1.77. The summed E-state index contributed by atoms with van der Waals surface area (Å²) >= 11 is 0. The van der Waals surface area contributed by atoms with Crippen LogP contribution in [0.25, 0.3) is 22.3 Å². The smallest absolute Gasteiger partial charge is 0.164 e. The molecule has 4 rings (SSSR count). The second-order valence-corrected chi connectivity index (χ2v) is 5.84. The summed E-state index contributed by atoms with van der Waals surface area (Å²) < 4.78 is 19.5. The fourth-order valence-electron chi connectivity index (χ4n) is 2.71. The lowest BCUT2D eigenvalue weighted by molar-refractivity contribution is 0.417. The summed E-state index contributed by atoms with van der Waals surface area (Å²) in [6.45, 7) is 1.89. The lowest BCUT2D eigenvalue weighted by Crippen LogP contribution is -2.02. The highest BCUT2D eigenvalue weighted by molar-refractivity contribution is 5.86. The number of anilines is 2. The molecule has 0 saturated heterocycles. The van der Waals surface area contributed by atoms with Crippen molar-refractivity contribution in [2.45, 2.75) is 6.92 Å². The van der Waals surface area contributed by atoms with Gasteiger partial charge in [-0.1, -0.05) is 12.1 Å². The van der Waals surface area contributed by atoms with E-state index in [1.165, 1.54) is 6.07 Å². The van der Waals surface area contributed by atoms with Crippen LogP contribution in [0.2, 0.25) is 0 Å². The highest BCUT2D eigenvalue weighted by Crippen LogP contribution is 2.32. The van der Waals surface area contributed by atoms with E-state index < -0.39 is 0 Å². The van der Waals surface area contributed by atoms with Crippen LogP contribution in [-0.2, 0) is 0 Å². The van der Waals surface area contributed by atoms with E-state index >= 15 is 0 Å². The molecule has 0 atom stereocenters. The molecule has 0 radical (unpaired) electrons. The normalized spacial score (nSPS) is 10.9. The van der Waals surface area contributed by atoms with Gasteiger partial charge in [-0.05, 0) is 25.1 Å². The van der Waals surface area contributed by atoms with E-state index in [2.05, 4.69) is 25.5 Å². The molecule has 0 amide bonds. The van der Waals surface area contributed by atoms with Crippen molar-refractivity contribution in [1.29, 1.82) is 0 Å². The van der Waals surface area contributed by atoms with Gasteiger partial charge in [-0.25, -0.2) is 14.4 Å². The fraction of sp³-hybridized carbons (Fsp3) is 0.105. The van der Waals surface area contributed by atoms with Crippen LogP contribution >= 0.6 is 0 Å². The van der Waals surface area contributed by atoms with Crippen molar-refractivity contribution in [2.24, 2.45) is 0 Å². The molecule has 0 aliphatic rings. The lowest BCUT2D eigenvalue weighted by Gasteiger charge is -2.13. The van der Waals surface area contributed by atoms with Gasteiger partial charge in [0.15, 0.2) is 5.82 Å². The number of aromatic amines is 1. The molecular formula is C19H16FN5O. The largest absolute Gasteiger partial charge is 0.494 e. The van der Waals surface area contributed by atoms with Crippen molar-refractivity contribution in [1.82, 2.24) is 20.2 Å². The molecule has 0 spiro atoms. The maximum atomic E-state index is 14.1. The minimum absolute atomic E-state index is 0.319. The van der Waals surface area contributed by atoms with Crippen molar-refractivity contribution in [3.63, 3.8) is 0 Å². The third-order valence-corrected chi connectivity index (χ3v) is 4.10. The minimum atomic E-state index is -0.361. The Hall–Kier alpha value is -3.48. The lowest BCUT2D eigenvalue weighted by atomic mass is 10.2. The average Bonchev–Trinajstić information content (AvgIpc) is 3.10. The van der Waals surface area contributed by atoms with Gasteiger partial charge in [-0.3, -0.25) is 5.10 Å².